The van der Waals surface area contributed by atoms with E-state index in [1.54, 1.807) is 24.0 Å². The van der Waals surface area contributed by atoms with E-state index in [0.29, 0.717) is 24.2 Å². The van der Waals surface area contributed by atoms with Gasteiger partial charge in [-0.25, -0.2) is 4.39 Å². The molecule has 1 aliphatic heterocycles. The van der Waals surface area contributed by atoms with Gasteiger partial charge in [-0.3, -0.25) is 4.79 Å². The molecule has 1 amide bonds. The number of hydrogen-bond acceptors (Lipinski definition) is 2. The fraction of sp³-hybridized carbons (Fsp3) is 0.364. The van der Waals surface area contributed by atoms with Gasteiger partial charge in [0, 0.05) is 23.9 Å². The van der Waals surface area contributed by atoms with E-state index in [9.17, 15) is 9.18 Å². The molecule has 0 aliphatic carbocycles. The zero-order chi connectivity index (χ0) is 11.0. The van der Waals surface area contributed by atoms with Gasteiger partial charge < -0.3 is 4.90 Å². The summed E-state index contributed by atoms with van der Waals surface area (Å²) in [4.78, 5) is 13.1. The average molecular weight is 225 g/mol. The average Bonchev–Trinajstić information content (AvgIpc) is 2.50. The second-order valence-corrected chi connectivity index (χ2v) is 4.53. The van der Waals surface area contributed by atoms with Crippen LogP contribution in [0.15, 0.2) is 18.2 Å². The maximum absolute atomic E-state index is 13.3. The lowest BCUT2D eigenvalue weighted by Crippen LogP contribution is -2.24. The van der Waals surface area contributed by atoms with Crippen LogP contribution in [0.1, 0.15) is 12.0 Å². The molecule has 0 radical (unpaired) electrons. The summed E-state index contributed by atoms with van der Waals surface area (Å²) in [6.45, 7) is 2.26. The van der Waals surface area contributed by atoms with Crippen LogP contribution in [0.2, 0.25) is 0 Å². The second-order valence-electron chi connectivity index (χ2n) is 3.80. The lowest BCUT2D eigenvalue weighted by molar-refractivity contribution is -0.117. The molecular formula is C11H12FNOS. The van der Waals surface area contributed by atoms with Gasteiger partial charge in [-0.15, -0.1) is 0 Å². The van der Waals surface area contributed by atoms with Crippen molar-refractivity contribution >= 4 is 24.2 Å². The predicted octanol–water partition coefficient (Wildman–Crippen LogP) is 2.17. The molecule has 1 aromatic rings. The molecule has 0 N–H and O–H groups in total. The molecule has 1 saturated heterocycles. The molecular weight excluding hydrogens is 213 g/mol. The maximum Gasteiger partial charge on any atom is 0.228 e. The summed E-state index contributed by atoms with van der Waals surface area (Å²) in [5.74, 6) is -0.263. The summed E-state index contributed by atoms with van der Waals surface area (Å²) in [6, 6.07) is 4.85. The number of nitrogens with zero attached hydrogens (tertiary/aromatic N) is 1. The van der Waals surface area contributed by atoms with Crippen molar-refractivity contribution in [2.24, 2.45) is 0 Å². The first-order valence-electron chi connectivity index (χ1n) is 4.82. The van der Waals surface area contributed by atoms with E-state index in [4.69, 9.17) is 0 Å². The highest BCUT2D eigenvalue weighted by Crippen LogP contribution is 2.25. The Labute approximate surface area is 93.5 Å². The van der Waals surface area contributed by atoms with E-state index in [1.807, 2.05) is 0 Å². The molecule has 1 atom stereocenters. The van der Waals surface area contributed by atoms with Crippen molar-refractivity contribution < 1.29 is 9.18 Å². The zero-order valence-electron chi connectivity index (χ0n) is 8.40. The molecule has 1 heterocycles. The number of halogens is 1. The number of aryl methyl sites for hydroxylation is 1. The molecule has 1 unspecified atom stereocenters. The Morgan fingerprint density at radius 3 is 2.80 bits per heavy atom. The molecule has 4 heteroatoms. The lowest BCUT2D eigenvalue weighted by atomic mass is 10.2. The van der Waals surface area contributed by atoms with Gasteiger partial charge in [0.25, 0.3) is 0 Å². The van der Waals surface area contributed by atoms with Gasteiger partial charge >= 0.3 is 0 Å². The van der Waals surface area contributed by atoms with Gasteiger partial charge in [0.2, 0.25) is 5.91 Å². The van der Waals surface area contributed by atoms with E-state index in [1.165, 1.54) is 6.07 Å². The van der Waals surface area contributed by atoms with Gasteiger partial charge in [0.15, 0.2) is 0 Å². The molecule has 15 heavy (non-hydrogen) atoms. The summed E-state index contributed by atoms with van der Waals surface area (Å²) >= 11 is 4.25. The van der Waals surface area contributed by atoms with Crippen LogP contribution < -0.4 is 4.90 Å². The minimum absolute atomic E-state index is 0.0123. The number of anilines is 1. The first-order chi connectivity index (χ1) is 7.08. The van der Waals surface area contributed by atoms with Crippen molar-refractivity contribution in [3.8, 4) is 0 Å². The monoisotopic (exact) mass is 225 g/mol. The predicted molar refractivity (Wildman–Crippen MR) is 60.9 cm³/mol. The summed E-state index contributed by atoms with van der Waals surface area (Å²) in [7, 11) is 0. The van der Waals surface area contributed by atoms with Gasteiger partial charge in [-0.1, -0.05) is 6.07 Å². The highest BCUT2D eigenvalue weighted by Gasteiger charge is 2.28. The van der Waals surface area contributed by atoms with Crippen LogP contribution in [0.3, 0.4) is 0 Å². The van der Waals surface area contributed by atoms with Crippen molar-refractivity contribution in [3.63, 3.8) is 0 Å². The second kappa shape index (κ2) is 3.85. The Morgan fingerprint density at radius 2 is 2.27 bits per heavy atom. The van der Waals surface area contributed by atoms with Crippen LogP contribution >= 0.6 is 12.6 Å². The minimum Gasteiger partial charge on any atom is -0.311 e. The first-order valence-corrected chi connectivity index (χ1v) is 5.34. The third kappa shape index (κ3) is 2.00. The van der Waals surface area contributed by atoms with Crippen LogP contribution in [-0.4, -0.2) is 17.7 Å². The molecule has 0 saturated carbocycles. The van der Waals surface area contributed by atoms with Crippen LogP contribution in [-0.2, 0) is 4.79 Å². The minimum atomic E-state index is -0.275. The van der Waals surface area contributed by atoms with Crippen LogP contribution in [0, 0.1) is 12.7 Å². The molecule has 0 bridgehead atoms. The topological polar surface area (TPSA) is 20.3 Å². The maximum atomic E-state index is 13.3. The van der Waals surface area contributed by atoms with Gasteiger partial charge in [-0.05, 0) is 24.6 Å². The number of amides is 1. The molecule has 0 aromatic heterocycles. The van der Waals surface area contributed by atoms with E-state index in [2.05, 4.69) is 12.6 Å². The fourth-order valence-corrected chi connectivity index (χ4v) is 2.01. The third-order valence-electron chi connectivity index (χ3n) is 2.57. The van der Waals surface area contributed by atoms with E-state index < -0.39 is 0 Å². The molecule has 2 nitrogen and oxygen atoms in total. The quantitative estimate of drug-likeness (QED) is 0.726. The zero-order valence-corrected chi connectivity index (χ0v) is 9.30. The Balaban J connectivity index is 2.30. The SMILES string of the molecule is Cc1ccc(N2CC(S)CC2=O)cc1F. The lowest BCUT2D eigenvalue weighted by Gasteiger charge is -2.16. The van der Waals surface area contributed by atoms with Gasteiger partial charge in [0.05, 0.1) is 0 Å². The van der Waals surface area contributed by atoms with Gasteiger partial charge in [0.1, 0.15) is 5.82 Å². The number of benzene rings is 1. The number of hydrogen-bond donors (Lipinski definition) is 1. The normalized spacial score (nSPS) is 21.1. The van der Waals surface area contributed by atoms with Crippen molar-refractivity contribution in [1.82, 2.24) is 0 Å². The molecule has 2 rings (SSSR count). The number of rotatable bonds is 1. The van der Waals surface area contributed by atoms with Crippen LogP contribution in [0.4, 0.5) is 10.1 Å². The van der Waals surface area contributed by atoms with Crippen molar-refractivity contribution in [1.29, 1.82) is 0 Å². The molecule has 80 valence electrons. The molecule has 1 aliphatic rings. The van der Waals surface area contributed by atoms with Gasteiger partial charge in [-0.2, -0.15) is 12.6 Å². The number of thiol groups is 1. The third-order valence-corrected chi connectivity index (χ3v) is 2.92. The van der Waals surface area contributed by atoms with E-state index in [0.717, 1.165) is 0 Å². The molecule has 1 aromatic carbocycles. The summed E-state index contributed by atoms with van der Waals surface area (Å²) in [5, 5.41) is 0.0573. The van der Waals surface area contributed by atoms with Crippen LogP contribution in [0.5, 0.6) is 0 Å². The molecule has 0 spiro atoms. The smallest absolute Gasteiger partial charge is 0.228 e. The molecule has 1 fully saturated rings. The number of carbonyl (C=O) groups excluding carboxylic acids is 1. The first kappa shape index (κ1) is 10.5. The largest absolute Gasteiger partial charge is 0.311 e. The Bertz CT molecular complexity index is 408. The standard InChI is InChI=1S/C11H12FNOS/c1-7-2-3-8(4-10(7)12)13-6-9(15)5-11(13)14/h2-4,9,15H,5-6H2,1H3. The van der Waals surface area contributed by atoms with E-state index in [-0.39, 0.29) is 17.0 Å². The summed E-state index contributed by atoms with van der Waals surface area (Å²) < 4.78 is 13.3. The fourth-order valence-electron chi connectivity index (χ4n) is 1.69. The van der Waals surface area contributed by atoms with E-state index >= 15 is 0 Å². The van der Waals surface area contributed by atoms with Crippen molar-refractivity contribution in [2.75, 3.05) is 11.4 Å². The van der Waals surface area contributed by atoms with Crippen LogP contribution in [0.25, 0.3) is 0 Å². The Kier molecular flexibility index (Phi) is 2.69. The number of carbonyl (C=O) groups is 1. The highest BCUT2D eigenvalue weighted by atomic mass is 32.1. The Hall–Kier alpha value is -1.03. The van der Waals surface area contributed by atoms with Crippen molar-refractivity contribution in [3.05, 3.63) is 29.6 Å². The van der Waals surface area contributed by atoms with Crippen molar-refractivity contribution in [2.45, 2.75) is 18.6 Å². The summed E-state index contributed by atoms with van der Waals surface area (Å²) in [5.41, 5.74) is 1.22. The Morgan fingerprint density at radius 1 is 1.53 bits per heavy atom. The summed E-state index contributed by atoms with van der Waals surface area (Å²) in [6.07, 6.45) is 0.429. The highest BCUT2D eigenvalue weighted by molar-refractivity contribution is 7.81.